The molecule has 1 aliphatic heterocycles. The van der Waals surface area contributed by atoms with E-state index in [0.717, 1.165) is 0 Å². The predicted octanol–water partition coefficient (Wildman–Crippen LogP) is 2.13. The number of fused-ring (bicyclic) bond motifs is 1. The van der Waals surface area contributed by atoms with Gasteiger partial charge >= 0.3 is 0 Å². The number of aryl methyl sites for hydroxylation is 2. The molecule has 0 aliphatic carbocycles. The third kappa shape index (κ3) is 3.29. The largest absolute Gasteiger partial charge is 0.486 e. The smallest absolute Gasteiger partial charge is 0.273 e. The first-order chi connectivity index (χ1) is 13.5. The Morgan fingerprint density at radius 3 is 2.43 bits per heavy atom. The van der Waals surface area contributed by atoms with Crippen molar-refractivity contribution in [2.45, 2.75) is 13.8 Å². The van der Waals surface area contributed by atoms with E-state index in [9.17, 15) is 9.59 Å². The van der Waals surface area contributed by atoms with Gasteiger partial charge in [0.15, 0.2) is 11.5 Å². The molecule has 4 rings (SSSR count). The number of hydrogen-bond acceptors (Lipinski definition) is 6. The van der Waals surface area contributed by atoms with Crippen LogP contribution in [0.3, 0.4) is 0 Å². The Kier molecular flexibility index (Phi) is 4.48. The van der Waals surface area contributed by atoms with E-state index in [1.54, 1.807) is 38.1 Å². The number of nitrogens with zero attached hydrogens (tertiary/aromatic N) is 1. The fourth-order valence-electron chi connectivity index (χ4n) is 2.98. The Morgan fingerprint density at radius 2 is 1.71 bits per heavy atom. The summed E-state index contributed by atoms with van der Waals surface area (Å²) in [5, 5.41) is 6.76. The van der Waals surface area contributed by atoms with Crippen LogP contribution in [0.2, 0.25) is 0 Å². The maximum atomic E-state index is 12.5. The predicted molar refractivity (Wildman–Crippen MR) is 98.1 cm³/mol. The lowest BCUT2D eigenvalue weighted by Gasteiger charge is -2.18. The molecule has 0 saturated heterocycles. The quantitative estimate of drug-likeness (QED) is 0.597. The highest BCUT2D eigenvalue weighted by atomic mass is 16.6. The fourth-order valence-corrected chi connectivity index (χ4v) is 2.98. The summed E-state index contributed by atoms with van der Waals surface area (Å²) in [5.41, 5.74) is 6.62. The van der Waals surface area contributed by atoms with Gasteiger partial charge in [0.2, 0.25) is 0 Å². The summed E-state index contributed by atoms with van der Waals surface area (Å²) in [4.78, 5) is 24.8. The van der Waals surface area contributed by atoms with Crippen molar-refractivity contribution in [3.8, 4) is 22.8 Å². The number of benzene rings is 1. The van der Waals surface area contributed by atoms with Crippen LogP contribution in [0, 0.1) is 13.8 Å². The number of ether oxygens (including phenoxy) is 2. The zero-order chi connectivity index (χ0) is 19.7. The van der Waals surface area contributed by atoms with Gasteiger partial charge in [-0.2, -0.15) is 5.10 Å². The molecule has 0 bridgehead atoms. The van der Waals surface area contributed by atoms with Gasteiger partial charge in [0.1, 0.15) is 24.7 Å². The van der Waals surface area contributed by atoms with E-state index in [1.807, 2.05) is 0 Å². The van der Waals surface area contributed by atoms with E-state index >= 15 is 0 Å². The third-order valence-corrected chi connectivity index (χ3v) is 4.29. The zero-order valence-electron chi connectivity index (χ0n) is 15.3. The van der Waals surface area contributed by atoms with Crippen LogP contribution in [0.15, 0.2) is 34.9 Å². The Hall–Kier alpha value is -3.75. The number of amides is 2. The molecule has 9 nitrogen and oxygen atoms in total. The molecule has 144 valence electrons. The summed E-state index contributed by atoms with van der Waals surface area (Å²) in [6.45, 7) is 4.39. The first-order valence-electron chi connectivity index (χ1n) is 8.64. The van der Waals surface area contributed by atoms with Gasteiger partial charge in [-0.3, -0.25) is 25.5 Å². The highest BCUT2D eigenvalue weighted by molar-refractivity contribution is 6.02. The highest BCUT2D eigenvalue weighted by Crippen LogP contribution is 2.34. The minimum Gasteiger partial charge on any atom is -0.486 e. The van der Waals surface area contributed by atoms with Gasteiger partial charge in [0.25, 0.3) is 11.8 Å². The summed E-state index contributed by atoms with van der Waals surface area (Å²) < 4.78 is 16.4. The second-order valence-electron chi connectivity index (χ2n) is 6.25. The van der Waals surface area contributed by atoms with Crippen molar-refractivity contribution < 1.29 is 23.5 Å². The average Bonchev–Trinajstić information content (AvgIpc) is 3.31. The number of carbonyl (C=O) groups excluding carboxylic acids is 2. The first-order valence-corrected chi connectivity index (χ1v) is 8.64. The van der Waals surface area contributed by atoms with Gasteiger partial charge in [-0.1, -0.05) is 0 Å². The SMILES string of the molecule is Cc1cc(C(=O)NNC(=O)c2cn[nH]c2-c2ccc3c(c2)OCCO3)c(C)o1. The van der Waals surface area contributed by atoms with Gasteiger partial charge in [-0.25, -0.2) is 0 Å². The molecule has 1 aromatic carbocycles. The summed E-state index contributed by atoms with van der Waals surface area (Å²) in [7, 11) is 0. The molecular formula is C19H18N4O5. The maximum Gasteiger partial charge on any atom is 0.273 e. The molecule has 2 amide bonds. The van der Waals surface area contributed by atoms with E-state index in [-0.39, 0.29) is 5.56 Å². The van der Waals surface area contributed by atoms with E-state index in [1.165, 1.54) is 6.20 Å². The average molecular weight is 382 g/mol. The number of H-pyrrole nitrogens is 1. The van der Waals surface area contributed by atoms with Gasteiger partial charge in [-0.05, 0) is 38.1 Å². The van der Waals surface area contributed by atoms with E-state index < -0.39 is 11.8 Å². The molecule has 0 atom stereocenters. The van der Waals surface area contributed by atoms with Crippen molar-refractivity contribution in [2.75, 3.05) is 13.2 Å². The first kappa shape index (κ1) is 17.7. The topological polar surface area (TPSA) is 118 Å². The second-order valence-corrected chi connectivity index (χ2v) is 6.25. The van der Waals surface area contributed by atoms with E-state index in [0.29, 0.717) is 53.1 Å². The molecule has 0 fully saturated rings. The number of rotatable bonds is 3. The van der Waals surface area contributed by atoms with Crippen molar-refractivity contribution in [3.05, 3.63) is 53.1 Å². The Labute approximate surface area is 160 Å². The molecule has 3 heterocycles. The lowest BCUT2D eigenvalue weighted by atomic mass is 10.1. The molecule has 1 aliphatic rings. The number of aromatic nitrogens is 2. The van der Waals surface area contributed by atoms with E-state index in [2.05, 4.69) is 21.0 Å². The van der Waals surface area contributed by atoms with Gasteiger partial charge < -0.3 is 13.9 Å². The standard InChI is InChI=1S/C19H18N4O5/c1-10-7-13(11(2)28-10)18(24)22-23-19(25)14-9-20-21-17(14)12-3-4-15-16(8-12)27-6-5-26-15/h3-4,7-9H,5-6H2,1-2H3,(H,20,21)(H,22,24)(H,23,25). The molecule has 9 heteroatoms. The van der Waals surface area contributed by atoms with E-state index in [4.69, 9.17) is 13.9 Å². The number of carbonyl (C=O) groups is 2. The molecular weight excluding hydrogens is 364 g/mol. The Morgan fingerprint density at radius 1 is 1.00 bits per heavy atom. The minimum atomic E-state index is -0.509. The number of hydrogen-bond donors (Lipinski definition) is 3. The number of aromatic amines is 1. The van der Waals surface area contributed by atoms with Crippen molar-refractivity contribution in [2.24, 2.45) is 0 Å². The maximum absolute atomic E-state index is 12.5. The number of nitrogens with one attached hydrogen (secondary N) is 3. The molecule has 0 unspecified atom stereocenters. The van der Waals surface area contributed by atoms with Crippen LogP contribution < -0.4 is 20.3 Å². The molecule has 0 saturated carbocycles. The van der Waals surface area contributed by atoms with Crippen molar-refractivity contribution in [1.82, 2.24) is 21.0 Å². The fraction of sp³-hybridized carbons (Fsp3) is 0.211. The summed E-state index contributed by atoms with van der Waals surface area (Å²) in [5.74, 6) is 1.37. The van der Waals surface area contributed by atoms with Crippen LogP contribution in [-0.4, -0.2) is 35.2 Å². The Bertz CT molecular complexity index is 1050. The number of furan rings is 1. The summed E-state index contributed by atoms with van der Waals surface area (Å²) >= 11 is 0. The van der Waals surface area contributed by atoms with Gasteiger partial charge in [0.05, 0.1) is 23.0 Å². The summed E-state index contributed by atoms with van der Waals surface area (Å²) in [6, 6.07) is 6.95. The van der Waals surface area contributed by atoms with Crippen LogP contribution in [0.4, 0.5) is 0 Å². The molecule has 3 aromatic rings. The lowest BCUT2D eigenvalue weighted by Crippen LogP contribution is -2.41. The highest BCUT2D eigenvalue weighted by Gasteiger charge is 2.20. The van der Waals surface area contributed by atoms with Crippen molar-refractivity contribution in [3.63, 3.8) is 0 Å². The monoisotopic (exact) mass is 382 g/mol. The van der Waals surface area contributed by atoms with Crippen LogP contribution in [0.25, 0.3) is 11.3 Å². The molecule has 0 radical (unpaired) electrons. The normalized spacial score (nSPS) is 12.5. The molecule has 3 N–H and O–H groups in total. The van der Waals surface area contributed by atoms with Crippen molar-refractivity contribution >= 4 is 11.8 Å². The zero-order valence-corrected chi connectivity index (χ0v) is 15.3. The summed E-state index contributed by atoms with van der Waals surface area (Å²) in [6.07, 6.45) is 1.39. The minimum absolute atomic E-state index is 0.275. The number of hydrazine groups is 1. The van der Waals surface area contributed by atoms with Crippen LogP contribution in [0.1, 0.15) is 32.2 Å². The lowest BCUT2D eigenvalue weighted by molar-refractivity contribution is 0.0846. The molecule has 2 aromatic heterocycles. The van der Waals surface area contributed by atoms with Gasteiger partial charge in [0, 0.05) is 5.56 Å². The van der Waals surface area contributed by atoms with Crippen LogP contribution in [-0.2, 0) is 0 Å². The van der Waals surface area contributed by atoms with Crippen LogP contribution in [0.5, 0.6) is 11.5 Å². The van der Waals surface area contributed by atoms with Crippen LogP contribution >= 0.6 is 0 Å². The van der Waals surface area contributed by atoms with Gasteiger partial charge in [-0.15, -0.1) is 0 Å². The second kappa shape index (κ2) is 7.10. The molecule has 0 spiro atoms. The van der Waals surface area contributed by atoms with Crippen molar-refractivity contribution in [1.29, 1.82) is 0 Å². The molecule has 28 heavy (non-hydrogen) atoms. The third-order valence-electron chi connectivity index (χ3n) is 4.29. The Balaban J connectivity index is 1.50.